The van der Waals surface area contributed by atoms with Crippen LogP contribution in [-0.4, -0.2) is 47.0 Å². The molecule has 7 nitrogen and oxygen atoms in total. The quantitative estimate of drug-likeness (QED) is 0.649. The first-order chi connectivity index (χ1) is 8.56. The molecule has 0 aromatic carbocycles. The van der Waals surface area contributed by atoms with E-state index in [0.717, 1.165) is 5.82 Å². The second kappa shape index (κ2) is 7.07. The van der Waals surface area contributed by atoms with Crippen LogP contribution in [0.5, 0.6) is 0 Å². The molecule has 1 aromatic heterocycles. The van der Waals surface area contributed by atoms with Gasteiger partial charge in [-0.05, 0) is 13.8 Å². The molecule has 2 unspecified atom stereocenters. The van der Waals surface area contributed by atoms with E-state index in [2.05, 4.69) is 20.8 Å². The zero-order chi connectivity index (χ0) is 13.5. The van der Waals surface area contributed by atoms with Gasteiger partial charge >= 0.3 is 0 Å². The molecular formula is C11H21N5O2. The lowest BCUT2D eigenvalue weighted by molar-refractivity contribution is -0.123. The van der Waals surface area contributed by atoms with E-state index < -0.39 is 0 Å². The Morgan fingerprint density at radius 1 is 1.56 bits per heavy atom. The van der Waals surface area contributed by atoms with Crippen molar-refractivity contribution < 1.29 is 9.53 Å². The van der Waals surface area contributed by atoms with Crippen LogP contribution >= 0.6 is 0 Å². The Morgan fingerprint density at radius 2 is 2.28 bits per heavy atom. The minimum absolute atomic E-state index is 0.0410. The first-order valence-corrected chi connectivity index (χ1v) is 5.92. The zero-order valence-corrected chi connectivity index (χ0v) is 11.3. The number of ether oxygens (including phenoxy) is 1. The molecule has 0 bridgehead atoms. The Hall–Kier alpha value is -1.47. The first kappa shape index (κ1) is 14.6. The zero-order valence-electron chi connectivity index (χ0n) is 11.3. The number of rotatable bonds is 7. The maximum absolute atomic E-state index is 11.7. The van der Waals surface area contributed by atoms with Crippen molar-refractivity contribution in [3.8, 4) is 0 Å². The predicted molar refractivity (Wildman–Crippen MR) is 66.9 cm³/mol. The molecule has 2 N–H and O–H groups in total. The standard InChI is InChI=1S/C11H21N5O2/c1-8(10-15-13-7-16(10)3)14-9(2)11(17)12-5-6-18-4/h7-9,14H,5-6H2,1-4H3,(H,12,17). The summed E-state index contributed by atoms with van der Waals surface area (Å²) in [6.45, 7) is 4.79. The maximum Gasteiger partial charge on any atom is 0.236 e. The van der Waals surface area contributed by atoms with Crippen molar-refractivity contribution in [1.29, 1.82) is 0 Å². The molecule has 0 radical (unpaired) electrons. The van der Waals surface area contributed by atoms with Crippen LogP contribution in [0.1, 0.15) is 25.7 Å². The van der Waals surface area contributed by atoms with Crippen LogP contribution in [0.3, 0.4) is 0 Å². The van der Waals surface area contributed by atoms with Gasteiger partial charge in [-0.3, -0.25) is 10.1 Å². The Labute approximate surface area is 107 Å². The second-order valence-electron chi connectivity index (χ2n) is 4.19. The van der Waals surface area contributed by atoms with Crippen LogP contribution in [0.4, 0.5) is 0 Å². The van der Waals surface area contributed by atoms with Gasteiger partial charge < -0.3 is 14.6 Å². The van der Waals surface area contributed by atoms with E-state index in [1.54, 1.807) is 13.4 Å². The molecule has 18 heavy (non-hydrogen) atoms. The lowest BCUT2D eigenvalue weighted by Gasteiger charge is -2.18. The van der Waals surface area contributed by atoms with E-state index in [1.807, 2.05) is 25.5 Å². The SMILES string of the molecule is COCCNC(=O)C(C)NC(C)c1nncn1C. The summed E-state index contributed by atoms with van der Waals surface area (Å²) < 4.78 is 6.70. The smallest absolute Gasteiger partial charge is 0.236 e. The summed E-state index contributed by atoms with van der Waals surface area (Å²) in [6.07, 6.45) is 1.64. The molecule has 1 heterocycles. The van der Waals surface area contributed by atoms with E-state index in [4.69, 9.17) is 4.74 Å². The summed E-state index contributed by atoms with van der Waals surface area (Å²) in [7, 11) is 3.47. The predicted octanol–water partition coefficient (Wildman–Crippen LogP) is -0.383. The highest BCUT2D eigenvalue weighted by atomic mass is 16.5. The average molecular weight is 255 g/mol. The number of hydrogen-bond acceptors (Lipinski definition) is 5. The minimum atomic E-state index is -0.298. The number of nitrogens with one attached hydrogen (secondary N) is 2. The molecule has 2 atom stereocenters. The monoisotopic (exact) mass is 255 g/mol. The number of aryl methyl sites for hydroxylation is 1. The molecule has 0 saturated heterocycles. The van der Waals surface area contributed by atoms with Gasteiger partial charge in [0.15, 0.2) is 0 Å². The number of carbonyl (C=O) groups excluding carboxylic acids is 1. The molecule has 0 saturated carbocycles. The largest absolute Gasteiger partial charge is 0.383 e. The van der Waals surface area contributed by atoms with Gasteiger partial charge in [0.1, 0.15) is 12.2 Å². The number of methoxy groups -OCH3 is 1. The summed E-state index contributed by atoms with van der Waals surface area (Å²) in [5, 5.41) is 13.8. The lowest BCUT2D eigenvalue weighted by atomic mass is 10.2. The van der Waals surface area contributed by atoms with Gasteiger partial charge in [-0.15, -0.1) is 10.2 Å². The van der Waals surface area contributed by atoms with Gasteiger partial charge in [0.05, 0.1) is 18.7 Å². The second-order valence-corrected chi connectivity index (χ2v) is 4.19. The molecule has 0 aliphatic rings. The summed E-state index contributed by atoms with van der Waals surface area (Å²) >= 11 is 0. The number of amides is 1. The fourth-order valence-electron chi connectivity index (χ4n) is 1.64. The number of aromatic nitrogens is 3. The molecule has 1 aromatic rings. The minimum Gasteiger partial charge on any atom is -0.383 e. The Kier molecular flexibility index (Phi) is 5.73. The van der Waals surface area contributed by atoms with Gasteiger partial charge in [0, 0.05) is 20.7 Å². The van der Waals surface area contributed by atoms with Crippen molar-refractivity contribution in [2.75, 3.05) is 20.3 Å². The first-order valence-electron chi connectivity index (χ1n) is 5.92. The molecule has 0 fully saturated rings. The van der Waals surface area contributed by atoms with Crippen molar-refractivity contribution >= 4 is 5.91 Å². The van der Waals surface area contributed by atoms with Crippen molar-refractivity contribution in [3.05, 3.63) is 12.2 Å². The van der Waals surface area contributed by atoms with Gasteiger partial charge in [0.25, 0.3) is 0 Å². The van der Waals surface area contributed by atoms with Crippen LogP contribution in [0.15, 0.2) is 6.33 Å². The molecule has 0 aliphatic heterocycles. The van der Waals surface area contributed by atoms with Gasteiger partial charge in [-0.1, -0.05) is 0 Å². The summed E-state index contributed by atoms with van der Waals surface area (Å²) in [6, 6.07) is -0.339. The lowest BCUT2D eigenvalue weighted by Crippen LogP contribution is -2.44. The molecule has 1 amide bonds. The molecule has 1 rings (SSSR count). The van der Waals surface area contributed by atoms with E-state index in [-0.39, 0.29) is 18.0 Å². The highest BCUT2D eigenvalue weighted by molar-refractivity contribution is 5.81. The number of carbonyl (C=O) groups is 1. The van der Waals surface area contributed by atoms with Crippen LogP contribution < -0.4 is 10.6 Å². The maximum atomic E-state index is 11.7. The normalized spacial score (nSPS) is 14.2. The highest BCUT2D eigenvalue weighted by Gasteiger charge is 2.18. The highest BCUT2D eigenvalue weighted by Crippen LogP contribution is 2.07. The van der Waals surface area contributed by atoms with Gasteiger partial charge in [0.2, 0.25) is 5.91 Å². The van der Waals surface area contributed by atoms with Crippen LogP contribution in [0.2, 0.25) is 0 Å². The van der Waals surface area contributed by atoms with Crippen molar-refractivity contribution in [1.82, 2.24) is 25.4 Å². The molecular weight excluding hydrogens is 234 g/mol. The fraction of sp³-hybridized carbons (Fsp3) is 0.727. The van der Waals surface area contributed by atoms with Crippen LogP contribution in [-0.2, 0) is 16.6 Å². The third-order valence-corrected chi connectivity index (χ3v) is 2.63. The van der Waals surface area contributed by atoms with Crippen molar-refractivity contribution in [2.24, 2.45) is 7.05 Å². The topological polar surface area (TPSA) is 81.1 Å². The van der Waals surface area contributed by atoms with E-state index in [1.165, 1.54) is 0 Å². The van der Waals surface area contributed by atoms with E-state index >= 15 is 0 Å². The molecule has 0 spiro atoms. The van der Waals surface area contributed by atoms with Crippen LogP contribution in [0.25, 0.3) is 0 Å². The summed E-state index contributed by atoms with van der Waals surface area (Å²) in [5.74, 6) is 0.743. The molecule has 0 aliphatic carbocycles. The van der Waals surface area contributed by atoms with Crippen LogP contribution in [0, 0.1) is 0 Å². The number of nitrogens with zero attached hydrogens (tertiary/aromatic N) is 3. The molecule has 7 heteroatoms. The Bertz CT molecular complexity index is 379. The Balaban J connectivity index is 2.42. The third kappa shape index (κ3) is 4.08. The van der Waals surface area contributed by atoms with E-state index in [0.29, 0.717) is 13.2 Å². The van der Waals surface area contributed by atoms with Gasteiger partial charge in [-0.25, -0.2) is 0 Å². The number of hydrogen-bond donors (Lipinski definition) is 2. The third-order valence-electron chi connectivity index (χ3n) is 2.63. The van der Waals surface area contributed by atoms with Crippen molar-refractivity contribution in [2.45, 2.75) is 25.9 Å². The van der Waals surface area contributed by atoms with Crippen molar-refractivity contribution in [3.63, 3.8) is 0 Å². The Morgan fingerprint density at radius 3 is 2.83 bits per heavy atom. The average Bonchev–Trinajstić information content (AvgIpc) is 2.75. The summed E-state index contributed by atoms with van der Waals surface area (Å²) in [5.41, 5.74) is 0. The molecule has 102 valence electrons. The van der Waals surface area contributed by atoms with Gasteiger partial charge in [-0.2, -0.15) is 0 Å². The van der Waals surface area contributed by atoms with E-state index in [9.17, 15) is 4.79 Å². The summed E-state index contributed by atoms with van der Waals surface area (Å²) in [4.78, 5) is 11.7. The fourth-order valence-corrected chi connectivity index (χ4v) is 1.64.